The van der Waals surface area contributed by atoms with Gasteiger partial charge < -0.3 is 5.32 Å². The van der Waals surface area contributed by atoms with Crippen molar-refractivity contribution in [1.29, 1.82) is 0 Å². The van der Waals surface area contributed by atoms with Crippen molar-refractivity contribution < 1.29 is 14.4 Å². The summed E-state index contributed by atoms with van der Waals surface area (Å²) in [5.74, 6) is -0.690. The largest absolute Gasteiger partial charge is 0.326 e. The van der Waals surface area contributed by atoms with E-state index in [-0.39, 0.29) is 17.7 Å². The minimum atomic E-state index is -0.812. The third-order valence-corrected chi connectivity index (χ3v) is 7.18. The molecule has 1 aliphatic carbocycles. The van der Waals surface area contributed by atoms with Crippen molar-refractivity contribution in [3.05, 3.63) is 54.6 Å². The molecule has 2 aliphatic rings. The zero-order chi connectivity index (χ0) is 22.0. The topological polar surface area (TPSA) is 75.3 Å². The molecule has 5 heteroatoms. The van der Waals surface area contributed by atoms with Gasteiger partial charge in [-0.15, -0.1) is 0 Å². The lowest BCUT2D eigenvalue weighted by molar-refractivity contribution is -0.163. The Morgan fingerprint density at radius 3 is 1.94 bits per heavy atom. The lowest BCUT2D eigenvalue weighted by atomic mass is 9.52. The maximum absolute atomic E-state index is 13.4. The van der Waals surface area contributed by atoms with Gasteiger partial charge in [0.05, 0.1) is 0 Å². The monoisotopic (exact) mass is 414 g/mol. The van der Waals surface area contributed by atoms with Gasteiger partial charge in [0.25, 0.3) is 0 Å². The highest BCUT2D eigenvalue weighted by atomic mass is 16.2. The van der Waals surface area contributed by atoms with E-state index >= 15 is 0 Å². The fourth-order valence-electron chi connectivity index (χ4n) is 5.96. The number of amides is 3. The Balaban J connectivity index is 1.46. The van der Waals surface area contributed by atoms with Gasteiger partial charge in [-0.25, -0.2) is 0 Å². The smallest absolute Gasteiger partial charge is 0.232 e. The number of hydrogen-bond acceptors (Lipinski definition) is 3. The van der Waals surface area contributed by atoms with E-state index in [9.17, 15) is 14.4 Å². The number of piperidine rings is 1. The van der Waals surface area contributed by atoms with Crippen LogP contribution in [0.1, 0.15) is 40.0 Å². The van der Waals surface area contributed by atoms with Crippen LogP contribution in [0.2, 0.25) is 0 Å². The van der Waals surface area contributed by atoms with E-state index in [0.29, 0.717) is 19.3 Å². The summed E-state index contributed by atoms with van der Waals surface area (Å²) in [4.78, 5) is 38.5. The first kappa shape index (κ1) is 19.7. The third kappa shape index (κ3) is 3.11. The van der Waals surface area contributed by atoms with Crippen molar-refractivity contribution in [2.75, 3.05) is 5.32 Å². The number of hydrogen-bond donors (Lipinski definition) is 2. The molecule has 2 unspecified atom stereocenters. The predicted octanol–water partition coefficient (Wildman–Crippen LogP) is 4.79. The average Bonchev–Trinajstić information content (AvgIpc) is 2.70. The zero-order valence-corrected chi connectivity index (χ0v) is 18.0. The van der Waals surface area contributed by atoms with Gasteiger partial charge in [-0.2, -0.15) is 0 Å². The van der Waals surface area contributed by atoms with E-state index in [4.69, 9.17) is 0 Å². The highest BCUT2D eigenvalue weighted by molar-refractivity contribution is 6.06. The molecule has 5 nitrogen and oxygen atoms in total. The Labute approximate surface area is 181 Å². The highest BCUT2D eigenvalue weighted by Gasteiger charge is 2.60. The second-order valence-corrected chi connectivity index (χ2v) is 10.2. The zero-order valence-electron chi connectivity index (χ0n) is 18.0. The molecule has 3 aromatic carbocycles. The van der Waals surface area contributed by atoms with Crippen LogP contribution in [0.25, 0.3) is 21.5 Å². The number of nitrogens with one attached hydrogen (secondary N) is 2. The van der Waals surface area contributed by atoms with Crippen LogP contribution in [0.4, 0.5) is 5.69 Å². The van der Waals surface area contributed by atoms with Crippen LogP contribution in [0, 0.1) is 16.2 Å². The number of carbonyl (C=O) groups excluding carboxylic acids is 3. The van der Waals surface area contributed by atoms with Gasteiger partial charge >= 0.3 is 0 Å². The summed E-state index contributed by atoms with van der Waals surface area (Å²) in [7, 11) is 0. The summed E-state index contributed by atoms with van der Waals surface area (Å²) >= 11 is 0. The molecule has 0 spiro atoms. The Bertz CT molecular complexity index is 1250. The van der Waals surface area contributed by atoms with Crippen molar-refractivity contribution in [3.63, 3.8) is 0 Å². The van der Waals surface area contributed by atoms with E-state index in [1.807, 2.05) is 51.1 Å². The molecule has 2 N–H and O–H groups in total. The van der Waals surface area contributed by atoms with Gasteiger partial charge in [-0.1, -0.05) is 51.1 Å². The molecule has 1 saturated carbocycles. The van der Waals surface area contributed by atoms with Crippen LogP contribution in [-0.4, -0.2) is 17.7 Å². The molecule has 0 aromatic heterocycles. The van der Waals surface area contributed by atoms with Crippen LogP contribution < -0.4 is 10.6 Å². The molecule has 31 heavy (non-hydrogen) atoms. The summed E-state index contributed by atoms with van der Waals surface area (Å²) in [5, 5.41) is 10.1. The fourth-order valence-corrected chi connectivity index (χ4v) is 5.96. The minimum Gasteiger partial charge on any atom is -0.326 e. The molecule has 3 amide bonds. The SMILES string of the molecule is CC12CC(C)(CC(C)(C(=O)Nc3ccc4cc5ccccc5cc4c3)C1)C(=O)NC2=O. The number of fused-ring (bicyclic) bond motifs is 4. The highest BCUT2D eigenvalue weighted by Crippen LogP contribution is 2.56. The quantitative estimate of drug-likeness (QED) is 0.468. The van der Waals surface area contributed by atoms with Gasteiger partial charge in [0, 0.05) is 21.9 Å². The summed E-state index contributed by atoms with van der Waals surface area (Å²) in [6.45, 7) is 5.59. The molecule has 5 rings (SSSR count). The first-order chi connectivity index (χ1) is 14.6. The molecule has 1 heterocycles. The Morgan fingerprint density at radius 1 is 0.774 bits per heavy atom. The third-order valence-electron chi connectivity index (χ3n) is 7.18. The fraction of sp³-hybridized carbons (Fsp3) is 0.346. The van der Waals surface area contributed by atoms with Gasteiger partial charge in [0.15, 0.2) is 0 Å². The first-order valence-corrected chi connectivity index (χ1v) is 10.7. The van der Waals surface area contributed by atoms with E-state index in [1.54, 1.807) is 0 Å². The van der Waals surface area contributed by atoms with Crippen molar-refractivity contribution in [2.45, 2.75) is 40.0 Å². The van der Waals surface area contributed by atoms with Gasteiger partial charge in [0.2, 0.25) is 17.7 Å². The summed E-state index contributed by atoms with van der Waals surface area (Å²) < 4.78 is 0. The standard InChI is InChI=1S/C26H26N2O3/c1-24(13-25(2)15-26(3,14-24)23(31)28-22(25)30)21(29)27-20-9-8-18-10-16-6-4-5-7-17(16)11-19(18)12-20/h4-12H,13-15H2,1-3H3,(H,27,29)(H,28,30,31). The second kappa shape index (κ2) is 6.39. The Hall–Kier alpha value is -3.21. The van der Waals surface area contributed by atoms with Crippen LogP contribution in [0.15, 0.2) is 54.6 Å². The molecule has 0 radical (unpaired) electrons. The Kier molecular flexibility index (Phi) is 4.07. The Morgan fingerprint density at radius 2 is 1.32 bits per heavy atom. The van der Waals surface area contributed by atoms with Crippen molar-refractivity contribution in [3.8, 4) is 0 Å². The minimum absolute atomic E-state index is 0.146. The van der Waals surface area contributed by atoms with Crippen LogP contribution >= 0.6 is 0 Å². The maximum Gasteiger partial charge on any atom is 0.232 e. The lowest BCUT2D eigenvalue weighted by Gasteiger charge is -2.53. The number of benzene rings is 3. The summed E-state index contributed by atoms with van der Waals surface area (Å²) in [5.41, 5.74) is -1.55. The van der Waals surface area contributed by atoms with Gasteiger partial charge in [-0.3, -0.25) is 19.7 Å². The van der Waals surface area contributed by atoms with Gasteiger partial charge in [-0.05, 0) is 65.1 Å². The van der Waals surface area contributed by atoms with Crippen molar-refractivity contribution in [1.82, 2.24) is 5.32 Å². The molecular formula is C26H26N2O3. The number of anilines is 1. The molecule has 1 aliphatic heterocycles. The number of carbonyl (C=O) groups is 3. The average molecular weight is 415 g/mol. The van der Waals surface area contributed by atoms with Crippen molar-refractivity contribution >= 4 is 45.0 Å². The molecule has 2 bridgehead atoms. The summed E-state index contributed by atoms with van der Waals surface area (Å²) in [6.07, 6.45) is 1.31. The van der Waals surface area contributed by atoms with E-state index in [1.165, 1.54) is 5.39 Å². The molecular weight excluding hydrogens is 388 g/mol. The van der Waals surface area contributed by atoms with E-state index in [0.717, 1.165) is 21.8 Å². The lowest BCUT2D eigenvalue weighted by Crippen LogP contribution is -2.63. The maximum atomic E-state index is 13.4. The molecule has 2 fully saturated rings. The normalized spacial score (nSPS) is 30.3. The molecule has 1 saturated heterocycles. The van der Waals surface area contributed by atoms with E-state index in [2.05, 4.69) is 34.9 Å². The van der Waals surface area contributed by atoms with Gasteiger partial charge in [0.1, 0.15) is 0 Å². The van der Waals surface area contributed by atoms with Crippen LogP contribution in [0.3, 0.4) is 0 Å². The number of imide groups is 1. The van der Waals surface area contributed by atoms with E-state index < -0.39 is 16.2 Å². The van der Waals surface area contributed by atoms with Crippen molar-refractivity contribution in [2.24, 2.45) is 16.2 Å². The van der Waals surface area contributed by atoms with Crippen LogP contribution in [0.5, 0.6) is 0 Å². The van der Waals surface area contributed by atoms with Crippen LogP contribution in [-0.2, 0) is 14.4 Å². The molecule has 2 atom stereocenters. The summed E-state index contributed by atoms with van der Waals surface area (Å²) in [6, 6.07) is 18.4. The molecule has 158 valence electrons. The second-order valence-electron chi connectivity index (χ2n) is 10.2. The molecule has 3 aromatic rings. The first-order valence-electron chi connectivity index (χ1n) is 10.7. The predicted molar refractivity (Wildman–Crippen MR) is 121 cm³/mol. The number of rotatable bonds is 2.